The Kier molecular flexibility index (Phi) is 6.55. The van der Waals surface area contributed by atoms with E-state index in [1.54, 1.807) is 11.3 Å². The molecule has 0 saturated heterocycles. The number of thiophene rings is 1. The summed E-state index contributed by atoms with van der Waals surface area (Å²) in [5, 5.41) is 16.7. The van der Waals surface area contributed by atoms with Gasteiger partial charge in [-0.2, -0.15) is 5.26 Å². The maximum atomic E-state index is 12.0. The van der Waals surface area contributed by atoms with E-state index in [0.29, 0.717) is 18.4 Å². The quantitative estimate of drug-likeness (QED) is 0.676. The SMILES string of the molecule is CCCC(=O)NC(C)c1sc2c(c1C#N)CCC(NCC1CCc3ccccc31)C2. The van der Waals surface area contributed by atoms with Crippen molar-refractivity contribution < 1.29 is 4.79 Å². The third kappa shape index (κ3) is 4.31. The first kappa shape index (κ1) is 21.1. The third-order valence-electron chi connectivity index (χ3n) is 6.56. The molecule has 0 aliphatic heterocycles. The van der Waals surface area contributed by atoms with Gasteiger partial charge in [0, 0.05) is 28.8 Å². The molecule has 0 spiro atoms. The molecule has 1 amide bonds. The Morgan fingerprint density at radius 2 is 2.13 bits per heavy atom. The van der Waals surface area contributed by atoms with Crippen LogP contribution in [0.15, 0.2) is 24.3 Å². The average molecular weight is 422 g/mol. The van der Waals surface area contributed by atoms with E-state index >= 15 is 0 Å². The molecule has 1 aromatic carbocycles. The van der Waals surface area contributed by atoms with Crippen LogP contribution < -0.4 is 10.6 Å². The second-order valence-electron chi connectivity index (χ2n) is 8.68. The van der Waals surface area contributed by atoms with Gasteiger partial charge in [-0.25, -0.2) is 0 Å². The van der Waals surface area contributed by atoms with Crippen LogP contribution >= 0.6 is 11.3 Å². The third-order valence-corrected chi connectivity index (χ3v) is 8.00. The van der Waals surface area contributed by atoms with E-state index in [4.69, 9.17) is 0 Å². The van der Waals surface area contributed by atoms with Crippen molar-refractivity contribution in [2.75, 3.05) is 6.54 Å². The van der Waals surface area contributed by atoms with Gasteiger partial charge in [0.1, 0.15) is 6.07 Å². The molecule has 0 bridgehead atoms. The molecule has 2 aromatic rings. The number of rotatable bonds is 7. The number of fused-ring (bicyclic) bond motifs is 2. The van der Waals surface area contributed by atoms with Gasteiger partial charge in [-0.1, -0.05) is 31.2 Å². The number of carbonyl (C=O) groups is 1. The summed E-state index contributed by atoms with van der Waals surface area (Å²) in [6, 6.07) is 11.6. The first-order valence-corrected chi connectivity index (χ1v) is 12.1. The summed E-state index contributed by atoms with van der Waals surface area (Å²) in [6.07, 6.45) is 6.81. The monoisotopic (exact) mass is 421 g/mol. The fourth-order valence-corrected chi connectivity index (χ4v) is 6.37. The van der Waals surface area contributed by atoms with Crippen molar-refractivity contribution in [3.63, 3.8) is 0 Å². The van der Waals surface area contributed by atoms with Crippen LogP contribution in [0.1, 0.15) is 83.5 Å². The lowest BCUT2D eigenvalue weighted by Crippen LogP contribution is -2.36. The highest BCUT2D eigenvalue weighted by Crippen LogP contribution is 2.38. The van der Waals surface area contributed by atoms with Crippen LogP contribution in [0.5, 0.6) is 0 Å². The smallest absolute Gasteiger partial charge is 0.220 e. The van der Waals surface area contributed by atoms with Gasteiger partial charge >= 0.3 is 0 Å². The number of nitrogens with zero attached hydrogens (tertiary/aromatic N) is 1. The highest BCUT2D eigenvalue weighted by molar-refractivity contribution is 7.12. The predicted octanol–water partition coefficient (Wildman–Crippen LogP) is 4.77. The molecular weight excluding hydrogens is 390 g/mol. The molecule has 3 atom stereocenters. The molecule has 0 fully saturated rings. The Morgan fingerprint density at radius 3 is 2.93 bits per heavy atom. The Bertz CT molecular complexity index is 958. The fraction of sp³-hybridized carbons (Fsp3) is 0.520. The number of hydrogen-bond donors (Lipinski definition) is 2. The summed E-state index contributed by atoms with van der Waals surface area (Å²) in [7, 11) is 0. The molecule has 158 valence electrons. The number of aryl methyl sites for hydroxylation is 1. The van der Waals surface area contributed by atoms with Gasteiger partial charge in [0.05, 0.1) is 11.6 Å². The Labute approximate surface area is 183 Å². The van der Waals surface area contributed by atoms with Crippen LogP contribution in [0.4, 0.5) is 0 Å². The summed E-state index contributed by atoms with van der Waals surface area (Å²) in [5.41, 5.74) is 5.06. The van der Waals surface area contributed by atoms with Gasteiger partial charge in [-0.3, -0.25) is 4.79 Å². The highest BCUT2D eigenvalue weighted by atomic mass is 32.1. The molecule has 1 heterocycles. The molecule has 3 unspecified atom stereocenters. The zero-order valence-electron chi connectivity index (χ0n) is 18.0. The first-order valence-electron chi connectivity index (χ1n) is 11.3. The fourth-order valence-electron chi connectivity index (χ4n) is 4.98. The summed E-state index contributed by atoms with van der Waals surface area (Å²) < 4.78 is 0. The second-order valence-corrected chi connectivity index (χ2v) is 9.81. The number of amides is 1. The minimum atomic E-state index is -0.101. The van der Waals surface area contributed by atoms with E-state index in [9.17, 15) is 10.1 Å². The first-order chi connectivity index (χ1) is 14.6. The van der Waals surface area contributed by atoms with E-state index < -0.39 is 0 Å². The largest absolute Gasteiger partial charge is 0.349 e. The van der Waals surface area contributed by atoms with Crippen LogP contribution in [-0.4, -0.2) is 18.5 Å². The number of carbonyl (C=O) groups excluding carboxylic acids is 1. The van der Waals surface area contributed by atoms with E-state index in [0.717, 1.165) is 42.7 Å². The summed E-state index contributed by atoms with van der Waals surface area (Å²) in [5.74, 6) is 0.682. The van der Waals surface area contributed by atoms with Crippen LogP contribution in [0.25, 0.3) is 0 Å². The Morgan fingerprint density at radius 1 is 1.30 bits per heavy atom. The summed E-state index contributed by atoms with van der Waals surface area (Å²) >= 11 is 1.73. The summed E-state index contributed by atoms with van der Waals surface area (Å²) in [6.45, 7) is 5.04. The molecule has 4 nitrogen and oxygen atoms in total. The van der Waals surface area contributed by atoms with Gasteiger partial charge in [-0.15, -0.1) is 11.3 Å². The maximum Gasteiger partial charge on any atom is 0.220 e. The Hall–Kier alpha value is -2.16. The van der Waals surface area contributed by atoms with Crippen molar-refractivity contribution in [2.24, 2.45) is 0 Å². The van der Waals surface area contributed by atoms with Crippen molar-refractivity contribution in [3.8, 4) is 6.07 Å². The molecule has 30 heavy (non-hydrogen) atoms. The van der Waals surface area contributed by atoms with Gasteiger partial charge < -0.3 is 10.6 Å². The minimum Gasteiger partial charge on any atom is -0.349 e. The molecular formula is C25H31N3OS. The van der Waals surface area contributed by atoms with Crippen molar-refractivity contribution >= 4 is 17.2 Å². The van der Waals surface area contributed by atoms with Crippen LogP contribution in [0, 0.1) is 11.3 Å². The van der Waals surface area contributed by atoms with Crippen LogP contribution in [0.3, 0.4) is 0 Å². The van der Waals surface area contributed by atoms with Crippen molar-refractivity contribution in [1.29, 1.82) is 5.26 Å². The van der Waals surface area contributed by atoms with Crippen LogP contribution in [0.2, 0.25) is 0 Å². The molecule has 2 aliphatic carbocycles. The molecule has 1 aromatic heterocycles. The van der Waals surface area contributed by atoms with E-state index in [2.05, 4.69) is 41.0 Å². The zero-order valence-corrected chi connectivity index (χ0v) is 18.8. The topological polar surface area (TPSA) is 64.9 Å². The van der Waals surface area contributed by atoms with Gasteiger partial charge in [0.25, 0.3) is 0 Å². The average Bonchev–Trinajstić information content (AvgIpc) is 3.33. The minimum absolute atomic E-state index is 0.0663. The van der Waals surface area contributed by atoms with E-state index in [1.807, 2.05) is 13.8 Å². The van der Waals surface area contributed by atoms with Crippen molar-refractivity contribution in [1.82, 2.24) is 10.6 Å². The lowest BCUT2D eigenvalue weighted by molar-refractivity contribution is -0.121. The van der Waals surface area contributed by atoms with Gasteiger partial charge in [-0.05, 0) is 68.1 Å². The standard InChI is InChI=1S/C25H31N3OS/c1-3-6-24(29)28-16(2)25-22(14-26)21-12-11-19(13-23(21)30-25)27-15-18-10-9-17-7-4-5-8-20(17)18/h4-5,7-8,16,18-19,27H,3,6,9-13,15H2,1-2H3,(H,28,29). The lowest BCUT2D eigenvalue weighted by Gasteiger charge is -2.25. The van der Waals surface area contributed by atoms with Gasteiger partial charge in [0.15, 0.2) is 0 Å². The molecule has 0 saturated carbocycles. The number of benzene rings is 1. The molecule has 4 rings (SSSR count). The normalized spacial score (nSPS) is 20.8. The second kappa shape index (κ2) is 9.32. The summed E-state index contributed by atoms with van der Waals surface area (Å²) in [4.78, 5) is 14.4. The van der Waals surface area contributed by atoms with Gasteiger partial charge in [0.2, 0.25) is 5.91 Å². The number of nitrogens with one attached hydrogen (secondary N) is 2. The number of hydrogen-bond acceptors (Lipinski definition) is 4. The molecule has 2 N–H and O–H groups in total. The van der Waals surface area contributed by atoms with Crippen LogP contribution in [-0.2, 0) is 24.1 Å². The number of nitriles is 1. The maximum absolute atomic E-state index is 12.0. The molecule has 2 aliphatic rings. The predicted molar refractivity (Wildman–Crippen MR) is 122 cm³/mol. The molecule has 0 radical (unpaired) electrons. The van der Waals surface area contributed by atoms with E-state index in [-0.39, 0.29) is 11.9 Å². The lowest BCUT2D eigenvalue weighted by atomic mass is 9.90. The van der Waals surface area contributed by atoms with Crippen molar-refractivity contribution in [2.45, 2.75) is 76.8 Å². The Balaban J connectivity index is 1.41. The zero-order chi connectivity index (χ0) is 21.1. The van der Waals surface area contributed by atoms with E-state index in [1.165, 1.54) is 34.4 Å². The highest BCUT2D eigenvalue weighted by Gasteiger charge is 2.29. The van der Waals surface area contributed by atoms with Crippen molar-refractivity contribution in [3.05, 3.63) is 56.3 Å². The molecule has 5 heteroatoms.